The van der Waals surface area contributed by atoms with Gasteiger partial charge in [0, 0.05) is 50.6 Å². The Balaban J connectivity index is 1.18. The minimum Gasteiger partial charge on any atom is -0.494 e. The molecule has 1 heterocycles. The van der Waals surface area contributed by atoms with Crippen molar-refractivity contribution in [3.05, 3.63) is 102 Å². The molecule has 43 heavy (non-hydrogen) atoms. The van der Waals surface area contributed by atoms with Gasteiger partial charge in [-0.15, -0.1) is 0 Å². The van der Waals surface area contributed by atoms with Crippen LogP contribution in [-0.4, -0.2) is 69.2 Å². The summed E-state index contributed by atoms with van der Waals surface area (Å²) in [5, 5.41) is 9.17. The number of ether oxygens (including phenoxy) is 2. The van der Waals surface area contributed by atoms with Crippen LogP contribution in [0.5, 0.6) is 11.5 Å². The van der Waals surface area contributed by atoms with Gasteiger partial charge in [-0.1, -0.05) is 48.6 Å². The Morgan fingerprint density at radius 3 is 2.09 bits per heavy atom. The molecule has 0 spiro atoms. The fraction of sp³-hybridized carbons (Fsp3) is 0.382. The zero-order chi connectivity index (χ0) is 30.7. The Morgan fingerprint density at radius 1 is 0.884 bits per heavy atom. The van der Waals surface area contributed by atoms with E-state index < -0.39 is 15.8 Å². The number of hydrogen-bond donors (Lipinski definition) is 1. The van der Waals surface area contributed by atoms with E-state index in [2.05, 4.69) is 46.2 Å². The third kappa shape index (κ3) is 10.8. The van der Waals surface area contributed by atoms with Crippen LogP contribution in [0, 0.1) is 0 Å². The number of hydrogen-bond acceptors (Lipinski definition) is 7. The lowest BCUT2D eigenvalue weighted by molar-refractivity contribution is -0.137. The van der Waals surface area contributed by atoms with Crippen molar-refractivity contribution in [3.8, 4) is 11.5 Å². The van der Waals surface area contributed by atoms with Crippen molar-refractivity contribution in [3.63, 3.8) is 0 Å². The summed E-state index contributed by atoms with van der Waals surface area (Å²) in [5.41, 5.74) is 4.49. The number of rotatable bonds is 15. The molecule has 0 aliphatic carbocycles. The van der Waals surface area contributed by atoms with Crippen molar-refractivity contribution in [2.24, 2.45) is 0 Å². The van der Waals surface area contributed by atoms with E-state index >= 15 is 0 Å². The molecule has 1 fully saturated rings. The molecule has 1 saturated heterocycles. The van der Waals surface area contributed by atoms with Gasteiger partial charge in [-0.2, -0.15) is 0 Å². The van der Waals surface area contributed by atoms with Crippen molar-refractivity contribution in [2.75, 3.05) is 49.7 Å². The van der Waals surface area contributed by atoms with Crippen molar-refractivity contribution in [2.45, 2.75) is 38.8 Å². The molecule has 1 aliphatic heterocycles. The second-order valence-electron chi connectivity index (χ2n) is 11.0. The van der Waals surface area contributed by atoms with E-state index in [0.717, 1.165) is 55.3 Å². The minimum absolute atomic E-state index is 0.0647. The quantitative estimate of drug-likeness (QED) is 0.178. The summed E-state index contributed by atoms with van der Waals surface area (Å²) in [5.74, 6) is 0.693. The van der Waals surface area contributed by atoms with Gasteiger partial charge < -0.3 is 19.5 Å². The van der Waals surface area contributed by atoms with E-state index in [1.807, 2.05) is 55.5 Å². The van der Waals surface area contributed by atoms with Crippen LogP contribution in [0.4, 0.5) is 5.69 Å². The maximum atomic E-state index is 11.2. The topological polar surface area (TPSA) is 96.4 Å². The molecule has 0 radical (unpaired) electrons. The molecule has 3 aromatic carbocycles. The number of anilines is 1. The third-order valence-corrected chi connectivity index (χ3v) is 8.49. The highest BCUT2D eigenvalue weighted by molar-refractivity contribution is 7.90. The van der Waals surface area contributed by atoms with Gasteiger partial charge in [0.15, 0.2) is 0 Å². The lowest BCUT2D eigenvalue weighted by Gasteiger charge is -2.36. The van der Waals surface area contributed by atoms with Crippen molar-refractivity contribution in [1.29, 1.82) is 0 Å². The largest absolute Gasteiger partial charge is 0.494 e. The van der Waals surface area contributed by atoms with Crippen molar-refractivity contribution < 1.29 is 27.8 Å². The summed E-state index contributed by atoms with van der Waals surface area (Å²) >= 11 is 0. The number of benzene rings is 3. The van der Waals surface area contributed by atoms with E-state index in [1.54, 1.807) is 0 Å². The standard InChI is InChI=1S/C34H42N2O6S/c1-3-5-30(24-34(37)38)29-10-14-33(15-11-29)42-26-28-8-6-27(7-9-28)25-35-18-20-36(21-19-35)31-12-16-32(17-13-31)41-22-4-23-43(2,39)40/h3,5-17,30H,4,18-26H2,1-2H3,(H,37,38). The van der Waals surface area contributed by atoms with Gasteiger partial charge in [0.2, 0.25) is 0 Å². The molecule has 1 unspecified atom stereocenters. The lowest BCUT2D eigenvalue weighted by atomic mass is 9.95. The molecule has 3 aromatic rings. The van der Waals surface area contributed by atoms with Crippen molar-refractivity contribution in [1.82, 2.24) is 4.90 Å². The summed E-state index contributed by atoms with van der Waals surface area (Å²) in [4.78, 5) is 16.0. The van der Waals surface area contributed by atoms with Gasteiger partial charge in [-0.3, -0.25) is 9.69 Å². The first-order valence-electron chi connectivity index (χ1n) is 14.7. The van der Waals surface area contributed by atoms with Gasteiger partial charge in [0.25, 0.3) is 0 Å². The highest BCUT2D eigenvalue weighted by atomic mass is 32.2. The van der Waals surface area contributed by atoms with Gasteiger partial charge in [-0.05, 0) is 66.4 Å². The second kappa shape index (κ2) is 15.6. The molecular formula is C34H42N2O6S. The first kappa shape index (κ1) is 32.1. The Bertz CT molecular complexity index is 1430. The van der Waals surface area contributed by atoms with Crippen molar-refractivity contribution >= 4 is 21.5 Å². The van der Waals surface area contributed by atoms with E-state index in [4.69, 9.17) is 9.47 Å². The number of aliphatic carboxylic acids is 1. The summed E-state index contributed by atoms with van der Waals surface area (Å²) in [6.07, 6.45) is 5.60. The average molecular weight is 607 g/mol. The maximum absolute atomic E-state index is 11.2. The predicted octanol–water partition coefficient (Wildman–Crippen LogP) is 5.54. The van der Waals surface area contributed by atoms with Gasteiger partial charge in [0.1, 0.15) is 27.9 Å². The first-order chi connectivity index (χ1) is 20.7. The maximum Gasteiger partial charge on any atom is 0.304 e. The average Bonchev–Trinajstić information content (AvgIpc) is 2.99. The van der Waals surface area contributed by atoms with Crippen LogP contribution in [0.15, 0.2) is 84.9 Å². The van der Waals surface area contributed by atoms with Crippen LogP contribution < -0.4 is 14.4 Å². The van der Waals surface area contributed by atoms with E-state index in [0.29, 0.717) is 19.6 Å². The number of carboxylic acids is 1. The number of sulfone groups is 1. The van der Waals surface area contributed by atoms with Gasteiger partial charge in [-0.25, -0.2) is 8.42 Å². The molecular weight excluding hydrogens is 564 g/mol. The van der Waals surface area contributed by atoms with Gasteiger partial charge >= 0.3 is 5.97 Å². The molecule has 1 N–H and O–H groups in total. The SMILES string of the molecule is CC=CC(CC(=O)O)c1ccc(OCc2ccc(CN3CCN(c4ccc(OCCCS(C)(=O)=O)cc4)CC3)cc2)cc1. The zero-order valence-electron chi connectivity index (χ0n) is 25.0. The smallest absolute Gasteiger partial charge is 0.304 e. The van der Waals surface area contributed by atoms with Crippen LogP contribution in [0.3, 0.4) is 0 Å². The van der Waals surface area contributed by atoms with Crippen LogP contribution in [0.1, 0.15) is 42.4 Å². The number of carbonyl (C=O) groups is 1. The molecule has 1 atom stereocenters. The van der Waals surface area contributed by atoms with E-state index in [9.17, 15) is 18.3 Å². The monoisotopic (exact) mass is 606 g/mol. The number of carboxylic acid groups (broad SMARTS) is 1. The predicted molar refractivity (Wildman–Crippen MR) is 171 cm³/mol. The first-order valence-corrected chi connectivity index (χ1v) is 16.8. The highest BCUT2D eigenvalue weighted by Gasteiger charge is 2.18. The third-order valence-electron chi connectivity index (χ3n) is 7.46. The fourth-order valence-corrected chi connectivity index (χ4v) is 5.77. The molecule has 0 saturated carbocycles. The minimum atomic E-state index is -2.95. The molecule has 4 rings (SSSR count). The Hall–Kier alpha value is -3.82. The summed E-state index contributed by atoms with van der Waals surface area (Å²) in [7, 11) is -2.95. The molecule has 1 aliphatic rings. The summed E-state index contributed by atoms with van der Waals surface area (Å²) in [6, 6.07) is 24.2. The molecule has 0 bridgehead atoms. The highest BCUT2D eigenvalue weighted by Crippen LogP contribution is 2.25. The zero-order valence-corrected chi connectivity index (χ0v) is 25.8. The molecule has 9 heteroatoms. The Morgan fingerprint density at radius 2 is 1.49 bits per heavy atom. The molecule has 0 aromatic heterocycles. The van der Waals surface area contributed by atoms with E-state index in [1.165, 1.54) is 17.5 Å². The second-order valence-corrected chi connectivity index (χ2v) is 13.3. The van der Waals surface area contributed by atoms with Crippen LogP contribution >= 0.6 is 0 Å². The van der Waals surface area contributed by atoms with Crippen LogP contribution in [0.2, 0.25) is 0 Å². The normalized spacial score (nSPS) is 15.0. The van der Waals surface area contributed by atoms with E-state index in [-0.39, 0.29) is 18.1 Å². The Kier molecular flexibility index (Phi) is 11.6. The Labute approximate surface area is 255 Å². The lowest BCUT2D eigenvalue weighted by Crippen LogP contribution is -2.45. The summed E-state index contributed by atoms with van der Waals surface area (Å²) in [6.45, 7) is 7.51. The number of allylic oxidation sites excluding steroid dienone is 2. The molecule has 0 amide bonds. The molecule has 8 nitrogen and oxygen atoms in total. The number of piperazine rings is 1. The summed E-state index contributed by atoms with van der Waals surface area (Å²) < 4.78 is 34.2. The number of nitrogens with zero attached hydrogens (tertiary/aromatic N) is 2. The van der Waals surface area contributed by atoms with Crippen LogP contribution in [0.25, 0.3) is 0 Å². The van der Waals surface area contributed by atoms with Gasteiger partial charge in [0.05, 0.1) is 18.8 Å². The molecule has 230 valence electrons. The van der Waals surface area contributed by atoms with Crippen LogP contribution in [-0.2, 0) is 27.8 Å². The fourth-order valence-electron chi connectivity index (χ4n) is 5.12.